The van der Waals surface area contributed by atoms with E-state index in [0.717, 1.165) is 33.5 Å². The zero-order valence-corrected chi connectivity index (χ0v) is 16.6. The molecule has 0 saturated carbocycles. The van der Waals surface area contributed by atoms with Crippen molar-refractivity contribution in [1.82, 2.24) is 14.9 Å². The summed E-state index contributed by atoms with van der Waals surface area (Å²) in [5.74, 6) is 1.37. The Morgan fingerprint density at radius 2 is 2.07 bits per heavy atom. The second-order valence-electron chi connectivity index (χ2n) is 7.24. The summed E-state index contributed by atoms with van der Waals surface area (Å²) in [5, 5.41) is 1.04. The smallest absolute Gasteiger partial charge is 0.258 e. The highest BCUT2D eigenvalue weighted by Crippen LogP contribution is 2.33. The minimum atomic E-state index is -0.0301. The molecule has 0 spiro atoms. The fourth-order valence-corrected chi connectivity index (χ4v) is 3.86. The molecule has 0 aliphatic carbocycles. The van der Waals surface area contributed by atoms with Crippen molar-refractivity contribution in [3.05, 3.63) is 78.1 Å². The van der Waals surface area contributed by atoms with E-state index in [1.54, 1.807) is 13.3 Å². The summed E-state index contributed by atoms with van der Waals surface area (Å²) in [4.78, 5) is 22.6. The molecular formula is C24H21N3O3. The summed E-state index contributed by atoms with van der Waals surface area (Å²) in [6.45, 7) is 1.48. The van der Waals surface area contributed by atoms with Gasteiger partial charge in [0.25, 0.3) is 5.91 Å². The van der Waals surface area contributed by atoms with Gasteiger partial charge in [-0.3, -0.25) is 4.79 Å². The number of H-pyrrole nitrogens is 1. The first-order valence-electron chi connectivity index (χ1n) is 9.84. The number of pyridine rings is 1. The summed E-state index contributed by atoms with van der Waals surface area (Å²) in [6, 6.07) is 17.5. The third-order valence-corrected chi connectivity index (χ3v) is 5.39. The van der Waals surface area contributed by atoms with Crippen molar-refractivity contribution in [2.45, 2.75) is 6.54 Å². The molecule has 150 valence electrons. The topological polar surface area (TPSA) is 67.5 Å². The standard InChI is InChI=1S/C24H21N3O3/c1-29-18-5-2-4-16(12-18)15-27-10-11-30-22-13-17(7-8-20(22)24(27)28)21-14-26-23-19(21)6-3-9-25-23/h2-9,12-14H,10-11,15H2,1H3,(H,25,26). The molecule has 30 heavy (non-hydrogen) atoms. The zero-order chi connectivity index (χ0) is 20.5. The average Bonchev–Trinajstić information content (AvgIpc) is 3.16. The van der Waals surface area contributed by atoms with E-state index >= 15 is 0 Å². The normalized spacial score (nSPS) is 13.6. The number of carbonyl (C=O) groups is 1. The predicted octanol–water partition coefficient (Wildman–Crippen LogP) is 4.27. The molecule has 2 aromatic heterocycles. The van der Waals surface area contributed by atoms with Crippen LogP contribution in [0.1, 0.15) is 15.9 Å². The van der Waals surface area contributed by atoms with Crippen LogP contribution in [0.3, 0.4) is 0 Å². The molecule has 6 heteroatoms. The first-order chi connectivity index (χ1) is 14.7. The molecule has 1 aliphatic heterocycles. The van der Waals surface area contributed by atoms with Gasteiger partial charge in [-0.25, -0.2) is 4.98 Å². The van der Waals surface area contributed by atoms with E-state index in [2.05, 4.69) is 9.97 Å². The molecule has 4 aromatic rings. The van der Waals surface area contributed by atoms with Gasteiger partial charge in [-0.2, -0.15) is 0 Å². The molecule has 0 radical (unpaired) electrons. The van der Waals surface area contributed by atoms with Crippen LogP contribution in [0, 0.1) is 0 Å². The highest BCUT2D eigenvalue weighted by Gasteiger charge is 2.24. The average molecular weight is 399 g/mol. The summed E-state index contributed by atoms with van der Waals surface area (Å²) >= 11 is 0. The van der Waals surface area contributed by atoms with E-state index in [0.29, 0.717) is 31.0 Å². The van der Waals surface area contributed by atoms with E-state index in [4.69, 9.17) is 9.47 Å². The largest absolute Gasteiger partial charge is 0.497 e. The molecule has 6 nitrogen and oxygen atoms in total. The second-order valence-corrected chi connectivity index (χ2v) is 7.24. The van der Waals surface area contributed by atoms with Crippen LogP contribution in [0.4, 0.5) is 0 Å². The third kappa shape index (κ3) is 3.26. The van der Waals surface area contributed by atoms with Gasteiger partial charge >= 0.3 is 0 Å². The van der Waals surface area contributed by atoms with Gasteiger partial charge in [0.05, 0.1) is 19.2 Å². The fraction of sp³-hybridized carbons (Fsp3) is 0.167. The lowest BCUT2D eigenvalue weighted by atomic mass is 10.0. The van der Waals surface area contributed by atoms with Crippen LogP contribution in [0.15, 0.2) is 67.0 Å². The van der Waals surface area contributed by atoms with Crippen LogP contribution >= 0.6 is 0 Å². The quantitative estimate of drug-likeness (QED) is 0.556. The van der Waals surface area contributed by atoms with Gasteiger partial charge in [-0.05, 0) is 47.5 Å². The van der Waals surface area contributed by atoms with Crippen molar-refractivity contribution in [3.8, 4) is 22.6 Å². The molecule has 3 heterocycles. The molecule has 1 amide bonds. The SMILES string of the molecule is COc1cccc(CN2CCOc3cc(-c4c[nH]c5ncccc45)ccc3C2=O)c1. The fourth-order valence-electron chi connectivity index (χ4n) is 3.86. The number of aromatic nitrogens is 2. The van der Waals surface area contributed by atoms with E-state index in [1.807, 2.05) is 65.7 Å². The highest BCUT2D eigenvalue weighted by atomic mass is 16.5. The maximum atomic E-state index is 13.2. The molecular weight excluding hydrogens is 378 g/mol. The lowest BCUT2D eigenvalue weighted by Crippen LogP contribution is -2.31. The number of aromatic amines is 1. The number of nitrogens with one attached hydrogen (secondary N) is 1. The van der Waals surface area contributed by atoms with Crippen LogP contribution in [-0.4, -0.2) is 41.0 Å². The minimum Gasteiger partial charge on any atom is -0.497 e. The monoisotopic (exact) mass is 399 g/mol. The number of hydrogen-bond acceptors (Lipinski definition) is 4. The van der Waals surface area contributed by atoms with Gasteiger partial charge in [0, 0.05) is 29.9 Å². The Bertz CT molecular complexity index is 1230. The van der Waals surface area contributed by atoms with Crippen molar-refractivity contribution >= 4 is 16.9 Å². The molecule has 5 rings (SSSR count). The summed E-state index contributed by atoms with van der Waals surface area (Å²) < 4.78 is 11.3. The third-order valence-electron chi connectivity index (χ3n) is 5.39. The van der Waals surface area contributed by atoms with Crippen LogP contribution in [0.25, 0.3) is 22.2 Å². The first kappa shape index (κ1) is 18.2. The Balaban J connectivity index is 1.45. The van der Waals surface area contributed by atoms with Gasteiger partial charge in [-0.15, -0.1) is 0 Å². The van der Waals surface area contributed by atoms with Gasteiger partial charge < -0.3 is 19.4 Å². The van der Waals surface area contributed by atoms with Gasteiger partial charge in [-0.1, -0.05) is 18.2 Å². The molecule has 0 fully saturated rings. The number of hydrogen-bond donors (Lipinski definition) is 1. The summed E-state index contributed by atoms with van der Waals surface area (Å²) in [6.07, 6.45) is 3.70. The Morgan fingerprint density at radius 1 is 1.13 bits per heavy atom. The Morgan fingerprint density at radius 3 is 2.97 bits per heavy atom. The number of ether oxygens (including phenoxy) is 2. The molecule has 0 atom stereocenters. The minimum absolute atomic E-state index is 0.0301. The van der Waals surface area contributed by atoms with Crippen LogP contribution in [0.5, 0.6) is 11.5 Å². The van der Waals surface area contributed by atoms with Crippen molar-refractivity contribution < 1.29 is 14.3 Å². The molecule has 0 saturated heterocycles. The number of methoxy groups -OCH3 is 1. The number of nitrogens with zero attached hydrogens (tertiary/aromatic N) is 2. The number of rotatable bonds is 4. The van der Waals surface area contributed by atoms with Crippen molar-refractivity contribution in [2.24, 2.45) is 0 Å². The number of benzene rings is 2. The maximum Gasteiger partial charge on any atom is 0.258 e. The second kappa shape index (κ2) is 7.55. The van der Waals surface area contributed by atoms with Crippen molar-refractivity contribution in [1.29, 1.82) is 0 Å². The lowest BCUT2D eigenvalue weighted by molar-refractivity contribution is 0.0743. The summed E-state index contributed by atoms with van der Waals surface area (Å²) in [7, 11) is 1.64. The molecule has 0 unspecified atom stereocenters. The lowest BCUT2D eigenvalue weighted by Gasteiger charge is -2.20. The molecule has 1 aliphatic rings. The predicted molar refractivity (Wildman–Crippen MR) is 115 cm³/mol. The number of carbonyl (C=O) groups excluding carboxylic acids is 1. The molecule has 2 aromatic carbocycles. The van der Waals surface area contributed by atoms with Crippen LogP contribution in [0.2, 0.25) is 0 Å². The Hall–Kier alpha value is -3.80. The van der Waals surface area contributed by atoms with E-state index in [-0.39, 0.29) is 5.91 Å². The van der Waals surface area contributed by atoms with Gasteiger partial charge in [0.15, 0.2) is 0 Å². The number of fused-ring (bicyclic) bond motifs is 2. The summed E-state index contributed by atoms with van der Waals surface area (Å²) in [5.41, 5.74) is 4.46. The number of amides is 1. The van der Waals surface area contributed by atoms with Gasteiger partial charge in [0.2, 0.25) is 0 Å². The first-order valence-corrected chi connectivity index (χ1v) is 9.84. The molecule has 1 N–H and O–H groups in total. The van der Waals surface area contributed by atoms with Crippen molar-refractivity contribution in [2.75, 3.05) is 20.3 Å². The van der Waals surface area contributed by atoms with Crippen LogP contribution < -0.4 is 9.47 Å². The Kier molecular flexibility index (Phi) is 4.59. The van der Waals surface area contributed by atoms with E-state index < -0.39 is 0 Å². The maximum absolute atomic E-state index is 13.2. The van der Waals surface area contributed by atoms with Crippen molar-refractivity contribution in [3.63, 3.8) is 0 Å². The molecule has 0 bridgehead atoms. The zero-order valence-electron chi connectivity index (χ0n) is 16.6. The van der Waals surface area contributed by atoms with E-state index in [9.17, 15) is 4.79 Å². The Labute approximate surface area is 174 Å². The van der Waals surface area contributed by atoms with Gasteiger partial charge in [0.1, 0.15) is 23.8 Å². The van der Waals surface area contributed by atoms with E-state index in [1.165, 1.54) is 0 Å². The highest BCUT2D eigenvalue weighted by molar-refractivity contribution is 5.99. The van der Waals surface area contributed by atoms with Crippen LogP contribution in [-0.2, 0) is 6.54 Å².